The summed E-state index contributed by atoms with van der Waals surface area (Å²) >= 11 is 0. The van der Waals surface area contributed by atoms with E-state index in [4.69, 9.17) is 9.05 Å². The number of likely N-dealkylation sites (N-methyl/N-ethyl adjacent to an activating group) is 1. The SMILES string of the molecule is CCCCCCCCCCCCCCCCCCCCC(=O)NC(COP(=O)(O)OCC[N+](C)(C)C)C(O)CCCCCCCCCCCCCC. The first kappa shape index (κ1) is 51.5. The van der Waals surface area contributed by atoms with Gasteiger partial charge in [0.15, 0.2) is 0 Å². The molecule has 8 nitrogen and oxygen atoms in total. The van der Waals surface area contributed by atoms with Crippen molar-refractivity contribution in [1.29, 1.82) is 0 Å². The molecule has 3 unspecified atom stereocenters. The van der Waals surface area contributed by atoms with Gasteiger partial charge in [-0.3, -0.25) is 13.8 Å². The molecule has 1 amide bonds. The Morgan fingerprint density at radius 2 is 0.923 bits per heavy atom. The summed E-state index contributed by atoms with van der Waals surface area (Å²) in [5, 5.41) is 13.9. The number of carbonyl (C=O) groups is 1. The van der Waals surface area contributed by atoms with Crippen LogP contribution in [0, 0.1) is 0 Å². The Bertz CT molecular complexity index is 824. The van der Waals surface area contributed by atoms with Gasteiger partial charge < -0.3 is 19.8 Å². The summed E-state index contributed by atoms with van der Waals surface area (Å²) in [6, 6.07) is -0.752. The first-order valence-electron chi connectivity index (χ1n) is 22.4. The highest BCUT2D eigenvalue weighted by Crippen LogP contribution is 2.43. The number of carbonyl (C=O) groups excluding carboxylic acids is 1. The third kappa shape index (κ3) is 37.8. The Hall–Kier alpha value is -0.500. The number of aliphatic hydroxyl groups excluding tert-OH is 1. The standard InChI is InChI=1S/C43H89N2O6P/c1-6-8-10-12-14-16-18-20-21-22-23-24-25-27-29-31-33-35-37-43(47)44-41(40-51-52(48,49)50-39-38-45(3,4)5)42(46)36-34-32-30-28-26-19-17-15-13-11-9-7-2/h41-42,46H,6-40H2,1-5H3,(H-,44,47,48,49)/p+1. The van der Waals surface area contributed by atoms with Gasteiger partial charge in [0.25, 0.3) is 0 Å². The molecule has 0 aromatic heterocycles. The molecule has 0 spiro atoms. The van der Waals surface area contributed by atoms with E-state index < -0.39 is 20.0 Å². The van der Waals surface area contributed by atoms with Crippen molar-refractivity contribution >= 4 is 13.7 Å². The second-order valence-corrected chi connectivity index (χ2v) is 18.2. The predicted octanol–water partition coefficient (Wildman–Crippen LogP) is 12.2. The third-order valence-corrected chi connectivity index (χ3v) is 11.3. The minimum Gasteiger partial charge on any atom is -0.391 e. The molecule has 0 aromatic carbocycles. The highest BCUT2D eigenvalue weighted by Gasteiger charge is 2.28. The van der Waals surface area contributed by atoms with E-state index in [0.29, 0.717) is 23.9 Å². The molecular weight excluding hydrogens is 671 g/mol. The number of nitrogens with one attached hydrogen (secondary N) is 1. The van der Waals surface area contributed by atoms with Crippen molar-refractivity contribution in [3.8, 4) is 0 Å². The van der Waals surface area contributed by atoms with Crippen LogP contribution in [0.5, 0.6) is 0 Å². The summed E-state index contributed by atoms with van der Waals surface area (Å²) in [7, 11) is 1.63. The van der Waals surface area contributed by atoms with Gasteiger partial charge in [-0.05, 0) is 12.8 Å². The molecule has 0 fully saturated rings. The molecule has 0 aliphatic heterocycles. The van der Waals surface area contributed by atoms with Gasteiger partial charge >= 0.3 is 7.82 Å². The van der Waals surface area contributed by atoms with Gasteiger partial charge in [0.2, 0.25) is 5.91 Å². The summed E-state index contributed by atoms with van der Waals surface area (Å²) in [6.07, 6.45) is 38.4. The number of hydrogen-bond donors (Lipinski definition) is 3. The number of quaternary nitrogens is 1. The summed E-state index contributed by atoms with van der Waals surface area (Å²) in [5.41, 5.74) is 0. The molecule has 0 aliphatic carbocycles. The molecule has 0 bridgehead atoms. The Morgan fingerprint density at radius 1 is 0.577 bits per heavy atom. The van der Waals surface area contributed by atoms with E-state index in [9.17, 15) is 19.4 Å². The lowest BCUT2D eigenvalue weighted by Crippen LogP contribution is -2.46. The number of amides is 1. The maximum absolute atomic E-state index is 12.9. The molecule has 0 rings (SSSR count). The fraction of sp³-hybridized carbons (Fsp3) is 0.977. The molecule has 0 heterocycles. The van der Waals surface area contributed by atoms with Crippen LogP contribution in [0.3, 0.4) is 0 Å². The lowest BCUT2D eigenvalue weighted by molar-refractivity contribution is -0.870. The van der Waals surface area contributed by atoms with E-state index in [2.05, 4.69) is 19.2 Å². The van der Waals surface area contributed by atoms with Gasteiger partial charge in [-0.15, -0.1) is 0 Å². The largest absolute Gasteiger partial charge is 0.472 e. The summed E-state index contributed by atoms with van der Waals surface area (Å²) in [5.74, 6) is -0.141. The highest BCUT2D eigenvalue weighted by molar-refractivity contribution is 7.47. The Balaban J connectivity index is 4.29. The molecule has 0 aromatic rings. The van der Waals surface area contributed by atoms with Gasteiger partial charge in [0.1, 0.15) is 13.2 Å². The molecule has 0 saturated heterocycles. The number of phosphoric ester groups is 1. The van der Waals surface area contributed by atoms with Crippen LogP contribution < -0.4 is 5.32 Å². The van der Waals surface area contributed by atoms with Crippen LogP contribution in [-0.4, -0.2) is 73.4 Å². The van der Waals surface area contributed by atoms with E-state index >= 15 is 0 Å². The molecule has 0 radical (unpaired) electrons. The molecule has 0 aliphatic rings. The smallest absolute Gasteiger partial charge is 0.391 e. The first-order chi connectivity index (χ1) is 25.0. The van der Waals surface area contributed by atoms with Crippen LogP contribution in [0.4, 0.5) is 0 Å². The monoisotopic (exact) mass is 762 g/mol. The molecule has 312 valence electrons. The normalized spacial score (nSPS) is 14.4. The average molecular weight is 762 g/mol. The van der Waals surface area contributed by atoms with Crippen molar-refractivity contribution in [2.24, 2.45) is 0 Å². The van der Waals surface area contributed by atoms with Crippen molar-refractivity contribution in [2.45, 2.75) is 231 Å². The Kier molecular flexibility index (Phi) is 35.8. The van der Waals surface area contributed by atoms with Gasteiger partial charge in [-0.25, -0.2) is 4.57 Å². The zero-order valence-corrected chi connectivity index (χ0v) is 36.2. The lowest BCUT2D eigenvalue weighted by atomic mass is 10.0. The van der Waals surface area contributed by atoms with Gasteiger partial charge in [-0.1, -0.05) is 200 Å². The van der Waals surface area contributed by atoms with Crippen molar-refractivity contribution in [2.75, 3.05) is 40.9 Å². The molecule has 0 saturated carbocycles. The van der Waals surface area contributed by atoms with Crippen molar-refractivity contribution in [1.82, 2.24) is 5.32 Å². The van der Waals surface area contributed by atoms with Crippen molar-refractivity contribution < 1.29 is 32.9 Å². The molecule has 52 heavy (non-hydrogen) atoms. The molecule has 3 N–H and O–H groups in total. The molecule has 9 heteroatoms. The predicted molar refractivity (Wildman–Crippen MR) is 222 cm³/mol. The van der Waals surface area contributed by atoms with Crippen LogP contribution in [0.2, 0.25) is 0 Å². The number of hydrogen-bond acceptors (Lipinski definition) is 5. The van der Waals surface area contributed by atoms with E-state index in [1.807, 2.05) is 21.1 Å². The van der Waals surface area contributed by atoms with Gasteiger partial charge in [-0.2, -0.15) is 0 Å². The summed E-state index contributed by atoms with van der Waals surface area (Å²) in [6.45, 7) is 4.90. The maximum Gasteiger partial charge on any atom is 0.472 e. The lowest BCUT2D eigenvalue weighted by Gasteiger charge is -2.26. The Morgan fingerprint density at radius 3 is 1.29 bits per heavy atom. The minimum atomic E-state index is -4.30. The average Bonchev–Trinajstić information content (AvgIpc) is 3.09. The Labute approximate surface area is 323 Å². The van der Waals surface area contributed by atoms with Crippen LogP contribution in [0.15, 0.2) is 0 Å². The topological polar surface area (TPSA) is 105 Å². The van der Waals surface area contributed by atoms with Crippen LogP contribution in [-0.2, 0) is 18.4 Å². The third-order valence-electron chi connectivity index (χ3n) is 10.4. The highest BCUT2D eigenvalue weighted by atomic mass is 31.2. The second-order valence-electron chi connectivity index (χ2n) is 16.8. The van der Waals surface area contributed by atoms with E-state index in [1.165, 1.54) is 154 Å². The molecule has 3 atom stereocenters. The fourth-order valence-corrected chi connectivity index (χ4v) is 7.49. The maximum atomic E-state index is 12.9. The number of unbranched alkanes of at least 4 members (excludes halogenated alkanes) is 28. The summed E-state index contributed by atoms with van der Waals surface area (Å²) < 4.78 is 23.6. The van der Waals surface area contributed by atoms with E-state index in [1.54, 1.807) is 0 Å². The van der Waals surface area contributed by atoms with Crippen LogP contribution in [0.25, 0.3) is 0 Å². The minimum absolute atomic E-state index is 0.0784. The van der Waals surface area contributed by atoms with Gasteiger partial charge in [0, 0.05) is 6.42 Å². The van der Waals surface area contributed by atoms with Gasteiger partial charge in [0.05, 0.1) is 39.9 Å². The second kappa shape index (κ2) is 36.2. The number of phosphoric acid groups is 1. The molecular formula is C43H90N2O6P+. The first-order valence-corrected chi connectivity index (χ1v) is 23.9. The van der Waals surface area contributed by atoms with Crippen LogP contribution in [0.1, 0.15) is 219 Å². The van der Waals surface area contributed by atoms with Crippen molar-refractivity contribution in [3.63, 3.8) is 0 Å². The number of rotatable bonds is 41. The zero-order chi connectivity index (χ0) is 38.6. The van der Waals surface area contributed by atoms with E-state index in [-0.39, 0.29) is 19.1 Å². The fourth-order valence-electron chi connectivity index (χ4n) is 6.75. The summed E-state index contributed by atoms with van der Waals surface area (Å²) in [4.78, 5) is 23.1. The number of nitrogens with zero attached hydrogens (tertiary/aromatic N) is 1. The van der Waals surface area contributed by atoms with Crippen molar-refractivity contribution in [3.05, 3.63) is 0 Å². The zero-order valence-electron chi connectivity index (χ0n) is 35.3. The van der Waals surface area contributed by atoms with E-state index in [0.717, 1.165) is 38.5 Å². The van der Waals surface area contributed by atoms with Crippen LogP contribution >= 0.6 is 7.82 Å². The number of aliphatic hydroxyl groups is 1. The quantitative estimate of drug-likeness (QED) is 0.0325.